The molecule has 8 nitrogen and oxygen atoms in total. The number of thiophene rings is 1. The van der Waals surface area contributed by atoms with E-state index in [1.807, 2.05) is 0 Å². The van der Waals surface area contributed by atoms with E-state index < -0.39 is 16.1 Å². The molecule has 2 aliphatic rings. The number of piperidine rings is 1. The SMILES string of the molecule is Cc1noc(C2CCCN(C(=O)C3CCCN3S(=O)(=O)c3cccs3)C2)n1. The summed E-state index contributed by atoms with van der Waals surface area (Å²) >= 11 is 1.18. The molecule has 2 aromatic rings. The number of rotatable bonds is 4. The van der Waals surface area contributed by atoms with Gasteiger partial charge in [-0.25, -0.2) is 8.42 Å². The van der Waals surface area contributed by atoms with Gasteiger partial charge in [0.2, 0.25) is 11.8 Å². The maximum atomic E-state index is 13.2. The third-order valence-corrected chi connectivity index (χ3v) is 8.45. The van der Waals surface area contributed by atoms with Crippen molar-refractivity contribution in [3.63, 3.8) is 0 Å². The molecule has 4 heterocycles. The van der Waals surface area contributed by atoms with Gasteiger partial charge in [-0.1, -0.05) is 11.2 Å². The van der Waals surface area contributed by atoms with E-state index in [4.69, 9.17) is 4.52 Å². The predicted octanol–water partition coefficient (Wildman–Crippen LogP) is 2.00. The molecule has 2 saturated heterocycles. The highest BCUT2D eigenvalue weighted by molar-refractivity contribution is 7.91. The zero-order valence-electron chi connectivity index (χ0n) is 15.1. The third kappa shape index (κ3) is 3.53. The molecule has 2 aromatic heterocycles. The Bertz CT molecular complexity index is 909. The topological polar surface area (TPSA) is 96.6 Å². The molecular weight excluding hydrogens is 388 g/mol. The Hall–Kier alpha value is -1.78. The number of aryl methyl sites for hydroxylation is 1. The maximum Gasteiger partial charge on any atom is 0.253 e. The Labute approximate surface area is 162 Å². The highest BCUT2D eigenvalue weighted by atomic mass is 32.2. The molecule has 10 heteroatoms. The number of likely N-dealkylation sites (tertiary alicyclic amines) is 1. The third-order valence-electron chi connectivity index (χ3n) is 5.17. The number of hydrogen-bond donors (Lipinski definition) is 0. The van der Waals surface area contributed by atoms with Gasteiger partial charge < -0.3 is 9.42 Å². The van der Waals surface area contributed by atoms with Crippen LogP contribution in [-0.4, -0.2) is 59.3 Å². The van der Waals surface area contributed by atoms with Gasteiger partial charge in [0, 0.05) is 19.6 Å². The highest BCUT2D eigenvalue weighted by Crippen LogP contribution is 2.32. The minimum Gasteiger partial charge on any atom is -0.341 e. The Morgan fingerprint density at radius 2 is 2.11 bits per heavy atom. The summed E-state index contributed by atoms with van der Waals surface area (Å²) in [5, 5.41) is 5.57. The van der Waals surface area contributed by atoms with Crippen molar-refractivity contribution in [1.29, 1.82) is 0 Å². The van der Waals surface area contributed by atoms with Crippen molar-refractivity contribution in [2.75, 3.05) is 19.6 Å². The molecule has 0 bridgehead atoms. The molecule has 2 aliphatic heterocycles. The monoisotopic (exact) mass is 410 g/mol. The minimum absolute atomic E-state index is 0.00709. The summed E-state index contributed by atoms with van der Waals surface area (Å²) in [5.74, 6) is 1.03. The Morgan fingerprint density at radius 1 is 1.30 bits per heavy atom. The van der Waals surface area contributed by atoms with Crippen molar-refractivity contribution in [3.05, 3.63) is 29.2 Å². The predicted molar refractivity (Wildman–Crippen MR) is 98.8 cm³/mol. The van der Waals surface area contributed by atoms with Crippen LogP contribution in [0.15, 0.2) is 26.2 Å². The fourth-order valence-electron chi connectivity index (χ4n) is 3.87. The first-order valence-electron chi connectivity index (χ1n) is 9.11. The zero-order valence-corrected chi connectivity index (χ0v) is 16.7. The maximum absolute atomic E-state index is 13.2. The van der Waals surface area contributed by atoms with Gasteiger partial charge >= 0.3 is 0 Å². The quantitative estimate of drug-likeness (QED) is 0.765. The van der Waals surface area contributed by atoms with Gasteiger partial charge in [-0.15, -0.1) is 11.3 Å². The molecule has 27 heavy (non-hydrogen) atoms. The molecule has 0 radical (unpaired) electrons. The van der Waals surface area contributed by atoms with Gasteiger partial charge in [0.15, 0.2) is 5.82 Å². The fraction of sp³-hybridized carbons (Fsp3) is 0.588. The van der Waals surface area contributed by atoms with E-state index in [0.29, 0.717) is 48.4 Å². The molecule has 1 amide bonds. The van der Waals surface area contributed by atoms with Crippen LogP contribution in [0.1, 0.15) is 43.3 Å². The average molecular weight is 411 g/mol. The van der Waals surface area contributed by atoms with E-state index in [-0.39, 0.29) is 11.8 Å². The molecule has 0 spiro atoms. The molecule has 0 aromatic carbocycles. The average Bonchev–Trinajstić information content (AvgIpc) is 3.42. The number of amides is 1. The molecule has 146 valence electrons. The summed E-state index contributed by atoms with van der Waals surface area (Å²) in [6.07, 6.45) is 2.97. The Balaban J connectivity index is 1.51. The van der Waals surface area contributed by atoms with Gasteiger partial charge in [0.05, 0.1) is 5.92 Å². The van der Waals surface area contributed by atoms with Crippen LogP contribution in [0.3, 0.4) is 0 Å². The highest BCUT2D eigenvalue weighted by Gasteiger charge is 2.42. The smallest absolute Gasteiger partial charge is 0.253 e. The second kappa shape index (κ2) is 7.33. The van der Waals surface area contributed by atoms with Crippen LogP contribution in [0, 0.1) is 6.92 Å². The summed E-state index contributed by atoms with van der Waals surface area (Å²) in [5.41, 5.74) is 0. The van der Waals surface area contributed by atoms with Crippen LogP contribution in [-0.2, 0) is 14.8 Å². The lowest BCUT2D eigenvalue weighted by molar-refractivity contribution is -0.136. The van der Waals surface area contributed by atoms with E-state index >= 15 is 0 Å². The zero-order chi connectivity index (χ0) is 19.0. The first kappa shape index (κ1) is 18.6. The van der Waals surface area contributed by atoms with Crippen molar-refractivity contribution in [1.82, 2.24) is 19.3 Å². The lowest BCUT2D eigenvalue weighted by atomic mass is 9.97. The number of hydrogen-bond acceptors (Lipinski definition) is 7. The van der Waals surface area contributed by atoms with E-state index in [2.05, 4.69) is 10.1 Å². The van der Waals surface area contributed by atoms with E-state index in [0.717, 1.165) is 12.8 Å². The van der Waals surface area contributed by atoms with Crippen molar-refractivity contribution in [3.8, 4) is 0 Å². The molecule has 2 fully saturated rings. The second-order valence-electron chi connectivity index (χ2n) is 7.01. The van der Waals surface area contributed by atoms with Crippen LogP contribution in [0.25, 0.3) is 0 Å². The normalized spacial score (nSPS) is 24.4. The van der Waals surface area contributed by atoms with E-state index in [1.165, 1.54) is 15.6 Å². The van der Waals surface area contributed by atoms with Gasteiger partial charge in [-0.05, 0) is 44.1 Å². The first-order valence-corrected chi connectivity index (χ1v) is 11.4. The minimum atomic E-state index is -3.63. The Kier molecular flexibility index (Phi) is 5.04. The molecule has 2 unspecified atom stereocenters. The molecule has 4 rings (SSSR count). The summed E-state index contributed by atoms with van der Waals surface area (Å²) in [6.45, 7) is 3.27. The van der Waals surface area contributed by atoms with Crippen LogP contribution in [0.4, 0.5) is 0 Å². The Morgan fingerprint density at radius 3 is 2.81 bits per heavy atom. The van der Waals surface area contributed by atoms with Crippen LogP contribution in [0.2, 0.25) is 0 Å². The summed E-state index contributed by atoms with van der Waals surface area (Å²) in [4.78, 5) is 19.2. The lowest BCUT2D eigenvalue weighted by Gasteiger charge is -2.34. The second-order valence-corrected chi connectivity index (χ2v) is 10.1. The number of aromatic nitrogens is 2. The van der Waals surface area contributed by atoms with Crippen LogP contribution in [0.5, 0.6) is 0 Å². The van der Waals surface area contributed by atoms with Crippen molar-refractivity contribution in [2.24, 2.45) is 0 Å². The largest absolute Gasteiger partial charge is 0.341 e. The summed E-state index contributed by atoms with van der Waals surface area (Å²) in [6, 6.07) is 2.68. The van der Waals surface area contributed by atoms with Crippen LogP contribution < -0.4 is 0 Å². The summed E-state index contributed by atoms with van der Waals surface area (Å²) in [7, 11) is -3.63. The molecule has 2 atom stereocenters. The molecular formula is C17H22N4O4S2. The molecule has 0 saturated carbocycles. The van der Waals surface area contributed by atoms with E-state index in [1.54, 1.807) is 29.3 Å². The van der Waals surface area contributed by atoms with Crippen LogP contribution >= 0.6 is 11.3 Å². The van der Waals surface area contributed by atoms with Crippen molar-refractivity contribution >= 4 is 27.3 Å². The first-order chi connectivity index (χ1) is 13.0. The standard InChI is InChI=1S/C17H22N4O4S2/c1-12-18-16(25-19-12)13-5-2-8-20(11-13)17(22)14-6-3-9-21(14)27(23,24)15-7-4-10-26-15/h4,7,10,13-14H,2-3,5-6,8-9,11H2,1H3. The number of carbonyl (C=O) groups is 1. The van der Waals surface area contributed by atoms with Gasteiger partial charge in [0.1, 0.15) is 10.3 Å². The van der Waals surface area contributed by atoms with Crippen molar-refractivity contribution < 1.29 is 17.7 Å². The van der Waals surface area contributed by atoms with Crippen molar-refractivity contribution in [2.45, 2.75) is 48.8 Å². The lowest BCUT2D eigenvalue weighted by Crippen LogP contribution is -2.50. The number of sulfonamides is 1. The number of nitrogens with zero attached hydrogens (tertiary/aromatic N) is 4. The molecule has 0 N–H and O–H groups in total. The number of carbonyl (C=O) groups excluding carboxylic acids is 1. The van der Waals surface area contributed by atoms with E-state index in [9.17, 15) is 13.2 Å². The fourth-order valence-corrected chi connectivity index (χ4v) is 6.64. The van der Waals surface area contributed by atoms with Gasteiger partial charge in [-0.2, -0.15) is 9.29 Å². The molecule has 0 aliphatic carbocycles. The van der Waals surface area contributed by atoms with Gasteiger partial charge in [0.25, 0.3) is 10.0 Å². The summed E-state index contributed by atoms with van der Waals surface area (Å²) < 4.78 is 32.8. The van der Waals surface area contributed by atoms with Gasteiger partial charge in [-0.3, -0.25) is 4.79 Å².